The summed E-state index contributed by atoms with van der Waals surface area (Å²) in [7, 11) is 0. The molecule has 0 bridgehead atoms. The number of nitrogens with one attached hydrogen (secondary N) is 1. The van der Waals surface area contributed by atoms with Crippen molar-refractivity contribution in [1.29, 1.82) is 0 Å². The highest BCUT2D eigenvalue weighted by atomic mass is 32.2. The van der Waals surface area contributed by atoms with Gasteiger partial charge in [-0.05, 0) is 42.9 Å². The number of oxime groups is 1. The SMILES string of the molecule is C[C@@H](OC(=O)OC1CCCCC1)OC(=O)C1=C(/C=C\c2cccnc2)CS[C@H]2[C@H](NC(=O)C(=NO)c3csc(N)n3)C(=O)N12. The monoisotopic (exact) mass is 642 g/mol. The maximum Gasteiger partial charge on any atom is 0.511 e. The van der Waals surface area contributed by atoms with Gasteiger partial charge in [0.1, 0.15) is 28.9 Å². The van der Waals surface area contributed by atoms with E-state index in [9.17, 15) is 24.4 Å². The molecule has 232 valence electrons. The molecule has 3 atom stereocenters. The second-order valence-electron chi connectivity index (χ2n) is 10.1. The molecule has 0 spiro atoms. The van der Waals surface area contributed by atoms with Crippen molar-refractivity contribution < 1.29 is 38.6 Å². The summed E-state index contributed by atoms with van der Waals surface area (Å²) in [4.78, 5) is 61.3. The number of thioether (sulfide) groups is 1. The van der Waals surface area contributed by atoms with E-state index in [1.165, 1.54) is 29.0 Å². The Morgan fingerprint density at radius 2 is 2.02 bits per heavy atom. The Bertz CT molecular complexity index is 1500. The average molecular weight is 643 g/mol. The number of aromatic nitrogens is 2. The Balaban J connectivity index is 1.31. The van der Waals surface area contributed by atoms with E-state index >= 15 is 0 Å². The highest BCUT2D eigenvalue weighted by Gasteiger charge is 2.54. The van der Waals surface area contributed by atoms with Crippen molar-refractivity contribution in [2.75, 3.05) is 11.5 Å². The van der Waals surface area contributed by atoms with Gasteiger partial charge in [0.25, 0.3) is 11.8 Å². The lowest BCUT2D eigenvalue weighted by Gasteiger charge is -2.49. The molecule has 0 unspecified atom stereocenters. The maximum absolute atomic E-state index is 13.5. The summed E-state index contributed by atoms with van der Waals surface area (Å²) in [5.74, 6) is -2.04. The van der Waals surface area contributed by atoms with Crippen molar-refractivity contribution in [1.82, 2.24) is 20.2 Å². The Morgan fingerprint density at radius 1 is 1.23 bits per heavy atom. The molecule has 2 fully saturated rings. The van der Waals surface area contributed by atoms with Crippen LogP contribution in [0.3, 0.4) is 0 Å². The van der Waals surface area contributed by atoms with Crippen LogP contribution in [0.1, 0.15) is 50.3 Å². The molecule has 16 heteroatoms. The van der Waals surface area contributed by atoms with E-state index in [1.807, 2.05) is 6.07 Å². The van der Waals surface area contributed by atoms with E-state index < -0.39 is 47.4 Å². The Labute approximate surface area is 260 Å². The number of hydrogen-bond donors (Lipinski definition) is 3. The summed E-state index contributed by atoms with van der Waals surface area (Å²) in [5, 5.41) is 16.0. The minimum Gasteiger partial charge on any atom is -0.431 e. The molecule has 2 aromatic heterocycles. The number of pyridine rings is 1. The first-order valence-electron chi connectivity index (χ1n) is 13.8. The number of carbonyl (C=O) groups excluding carboxylic acids is 4. The lowest BCUT2D eigenvalue weighted by molar-refractivity contribution is -0.169. The largest absolute Gasteiger partial charge is 0.511 e. The van der Waals surface area contributed by atoms with E-state index in [4.69, 9.17) is 19.9 Å². The van der Waals surface area contributed by atoms with Gasteiger partial charge in [0.2, 0.25) is 6.29 Å². The Morgan fingerprint density at radius 3 is 2.70 bits per heavy atom. The number of anilines is 1. The first-order valence-corrected chi connectivity index (χ1v) is 15.8. The molecular formula is C28H30N6O8S2. The van der Waals surface area contributed by atoms with Crippen LogP contribution >= 0.6 is 23.1 Å². The van der Waals surface area contributed by atoms with Gasteiger partial charge in [-0.15, -0.1) is 23.1 Å². The molecule has 0 aromatic carbocycles. The summed E-state index contributed by atoms with van der Waals surface area (Å²) in [5.41, 5.74) is 6.45. The normalized spacial score (nSPS) is 21.3. The van der Waals surface area contributed by atoms with Crippen LogP contribution in [0.25, 0.3) is 6.08 Å². The molecular weight excluding hydrogens is 612 g/mol. The van der Waals surface area contributed by atoms with E-state index in [1.54, 1.807) is 30.6 Å². The second-order valence-corrected chi connectivity index (χ2v) is 12.1. The van der Waals surface area contributed by atoms with Crippen LogP contribution in [0.15, 0.2) is 52.4 Å². The fourth-order valence-electron chi connectivity index (χ4n) is 4.96. The van der Waals surface area contributed by atoms with Crippen LogP contribution in [0.5, 0.6) is 0 Å². The van der Waals surface area contributed by atoms with Crippen LogP contribution in [0.4, 0.5) is 9.93 Å². The number of fused-ring (bicyclic) bond motifs is 1. The predicted octanol–water partition coefficient (Wildman–Crippen LogP) is 3.04. The lowest BCUT2D eigenvalue weighted by atomic mass is 9.98. The number of thiazole rings is 1. The third-order valence-electron chi connectivity index (χ3n) is 7.07. The highest BCUT2D eigenvalue weighted by molar-refractivity contribution is 8.00. The average Bonchev–Trinajstić information content (AvgIpc) is 3.44. The van der Waals surface area contributed by atoms with Gasteiger partial charge >= 0.3 is 12.1 Å². The van der Waals surface area contributed by atoms with Crippen molar-refractivity contribution in [3.8, 4) is 0 Å². The third-order valence-corrected chi connectivity index (χ3v) is 9.05. The van der Waals surface area contributed by atoms with Crippen molar-refractivity contribution >= 4 is 64.0 Å². The number of β-lactam (4-membered cyclic amide) rings is 1. The number of nitrogens with two attached hydrogens (primary N) is 1. The fraction of sp³-hybridized carbons (Fsp3) is 0.393. The van der Waals surface area contributed by atoms with Gasteiger partial charge in [0.05, 0.1) is 0 Å². The summed E-state index contributed by atoms with van der Waals surface area (Å²) in [6.07, 6.45) is 8.72. The Hall–Kier alpha value is -4.44. The molecule has 2 aliphatic heterocycles. The standard InChI is InChI=1S/C28H30N6O8S2/c1-15(41-28(38)42-18-7-3-2-4-8-18)40-26(37)22-17(10-9-16-6-5-11-30-12-16)13-43-25-21(24(36)34(22)25)32-23(35)20(33-39)19-14-44-27(29)31-19/h5-6,9-12,14-15,18,21,25,39H,2-4,7-8,13H2,1H3,(H2,29,31)(H,32,35)/b10-9-,33-20?/t15-,21-,25+/m1/s1. The number of nitrogen functional groups attached to an aromatic ring is 1. The topological polar surface area (TPSA) is 196 Å². The molecule has 4 N–H and O–H groups in total. The zero-order chi connectivity index (χ0) is 31.2. The lowest BCUT2D eigenvalue weighted by Crippen LogP contribution is -2.71. The third kappa shape index (κ3) is 7.02. The minimum atomic E-state index is -1.30. The first-order chi connectivity index (χ1) is 21.2. The smallest absolute Gasteiger partial charge is 0.431 e. The van der Waals surface area contributed by atoms with Crippen molar-refractivity contribution in [3.63, 3.8) is 0 Å². The number of nitrogens with zero attached hydrogens (tertiary/aromatic N) is 4. The molecule has 14 nitrogen and oxygen atoms in total. The number of ether oxygens (including phenoxy) is 3. The molecule has 4 heterocycles. The van der Waals surface area contributed by atoms with Crippen LogP contribution in [0, 0.1) is 0 Å². The number of allylic oxidation sites excluding steroid dienone is 1. The number of esters is 1. The molecule has 5 rings (SSSR count). The van der Waals surface area contributed by atoms with Crippen molar-refractivity contribution in [2.45, 2.75) is 62.8 Å². The minimum absolute atomic E-state index is 0.0513. The van der Waals surface area contributed by atoms with E-state index in [-0.39, 0.29) is 28.4 Å². The quantitative estimate of drug-likeness (QED) is 0.0905. The first kappa shape index (κ1) is 31.0. The van der Waals surface area contributed by atoms with Gasteiger partial charge < -0.3 is 30.5 Å². The van der Waals surface area contributed by atoms with Crippen LogP contribution in [-0.4, -0.2) is 79.3 Å². The van der Waals surface area contributed by atoms with Crippen LogP contribution in [-0.2, 0) is 28.6 Å². The molecule has 2 aromatic rings. The molecule has 0 radical (unpaired) electrons. The van der Waals surface area contributed by atoms with Gasteiger partial charge in [-0.25, -0.2) is 14.6 Å². The zero-order valence-corrected chi connectivity index (χ0v) is 25.2. The van der Waals surface area contributed by atoms with E-state index in [2.05, 4.69) is 20.4 Å². The Kier molecular flexibility index (Phi) is 9.79. The van der Waals surface area contributed by atoms with E-state index in [0.29, 0.717) is 5.57 Å². The summed E-state index contributed by atoms with van der Waals surface area (Å²) in [6, 6.07) is 2.55. The van der Waals surface area contributed by atoms with E-state index in [0.717, 1.165) is 49.0 Å². The molecule has 3 aliphatic rings. The van der Waals surface area contributed by atoms with Crippen molar-refractivity contribution in [2.24, 2.45) is 5.16 Å². The van der Waals surface area contributed by atoms with Crippen LogP contribution < -0.4 is 11.1 Å². The van der Waals surface area contributed by atoms with Gasteiger partial charge in [-0.2, -0.15) is 0 Å². The number of amides is 2. The number of carbonyl (C=O) groups is 4. The maximum atomic E-state index is 13.5. The number of rotatable bonds is 9. The predicted molar refractivity (Wildman–Crippen MR) is 160 cm³/mol. The molecule has 2 amide bonds. The summed E-state index contributed by atoms with van der Waals surface area (Å²) in [6.45, 7) is 1.38. The second kappa shape index (κ2) is 13.9. The number of hydrogen-bond acceptors (Lipinski definition) is 14. The highest BCUT2D eigenvalue weighted by Crippen LogP contribution is 2.41. The molecule has 1 saturated carbocycles. The van der Waals surface area contributed by atoms with Crippen molar-refractivity contribution in [3.05, 3.63) is 58.5 Å². The van der Waals surface area contributed by atoms with Gasteiger partial charge in [0.15, 0.2) is 10.8 Å². The van der Waals surface area contributed by atoms with Gasteiger partial charge in [-0.1, -0.05) is 29.8 Å². The van der Waals surface area contributed by atoms with Gasteiger partial charge in [0, 0.05) is 30.5 Å². The van der Waals surface area contributed by atoms with Gasteiger partial charge in [-0.3, -0.25) is 19.5 Å². The fourth-order valence-corrected chi connectivity index (χ4v) is 6.83. The van der Waals surface area contributed by atoms with Crippen LogP contribution in [0.2, 0.25) is 0 Å². The molecule has 1 saturated heterocycles. The zero-order valence-electron chi connectivity index (χ0n) is 23.6. The molecule has 44 heavy (non-hydrogen) atoms. The summed E-state index contributed by atoms with van der Waals surface area (Å²) >= 11 is 2.37. The summed E-state index contributed by atoms with van der Waals surface area (Å²) < 4.78 is 16.0. The molecule has 1 aliphatic carbocycles.